The number of hydrogen-bond donors (Lipinski definition) is 0. The van der Waals surface area contributed by atoms with E-state index in [0.717, 1.165) is 6.42 Å². The zero-order chi connectivity index (χ0) is 17.3. The molecule has 0 aromatic heterocycles. The van der Waals surface area contributed by atoms with Gasteiger partial charge in [0.1, 0.15) is 0 Å². The van der Waals surface area contributed by atoms with Gasteiger partial charge in [0.2, 0.25) is 0 Å². The van der Waals surface area contributed by atoms with Crippen LogP contribution in [-0.2, 0) is 19.6 Å². The Morgan fingerprint density at radius 1 is 1.22 bits per heavy atom. The van der Waals surface area contributed by atoms with E-state index >= 15 is 0 Å². The molecule has 1 aromatic carbocycles. The fourth-order valence-corrected chi connectivity index (χ4v) is 2.85. The molecule has 23 heavy (non-hydrogen) atoms. The van der Waals surface area contributed by atoms with Gasteiger partial charge in [0.25, 0.3) is 0 Å². The molecule has 0 aliphatic carbocycles. The summed E-state index contributed by atoms with van der Waals surface area (Å²) < 4.78 is 38.7. The van der Waals surface area contributed by atoms with Crippen molar-refractivity contribution in [2.45, 2.75) is 26.7 Å². The molecular weight excluding hydrogens is 320 g/mol. The first-order valence-corrected chi connectivity index (χ1v) is 8.94. The molecule has 0 aliphatic heterocycles. The van der Waals surface area contributed by atoms with Crippen molar-refractivity contribution in [2.75, 3.05) is 19.5 Å². The summed E-state index contributed by atoms with van der Waals surface area (Å²) in [6.07, 6.45) is 4.13. The van der Waals surface area contributed by atoms with Gasteiger partial charge in [-0.05, 0) is 37.1 Å². The number of hydrogen-bond acceptors (Lipinski definition) is 6. The van der Waals surface area contributed by atoms with Crippen LogP contribution in [0.5, 0.6) is 11.5 Å². The van der Waals surface area contributed by atoms with Gasteiger partial charge in [-0.3, -0.25) is 0 Å². The standard InChI is InChI=1S/C16H22O6S/c1-4-6-11-23(18,19)22-14-9-7-13(12-15(14)20-3)8-10-16(17)21-5-2/h7-10,12H,4-6,11H2,1-3H3/b10-8+. The number of methoxy groups -OCH3 is 1. The molecule has 128 valence electrons. The second kappa shape index (κ2) is 9.19. The third kappa shape index (κ3) is 6.73. The van der Waals surface area contributed by atoms with Crippen molar-refractivity contribution >= 4 is 22.2 Å². The molecular formula is C16H22O6S. The van der Waals surface area contributed by atoms with Gasteiger partial charge in [-0.1, -0.05) is 19.4 Å². The summed E-state index contributed by atoms with van der Waals surface area (Å²) in [5, 5.41) is 0. The van der Waals surface area contributed by atoms with Crippen molar-refractivity contribution in [3.05, 3.63) is 29.8 Å². The van der Waals surface area contributed by atoms with Crippen molar-refractivity contribution in [2.24, 2.45) is 0 Å². The summed E-state index contributed by atoms with van der Waals surface area (Å²) in [4.78, 5) is 11.3. The average molecular weight is 342 g/mol. The Balaban J connectivity index is 2.90. The maximum atomic E-state index is 11.8. The van der Waals surface area contributed by atoms with Crippen LogP contribution in [0.15, 0.2) is 24.3 Å². The summed E-state index contributed by atoms with van der Waals surface area (Å²) >= 11 is 0. The molecule has 1 aromatic rings. The van der Waals surface area contributed by atoms with Gasteiger partial charge in [0.15, 0.2) is 11.5 Å². The highest BCUT2D eigenvalue weighted by molar-refractivity contribution is 7.87. The lowest BCUT2D eigenvalue weighted by Crippen LogP contribution is -2.14. The second-order valence-electron chi connectivity index (χ2n) is 4.69. The molecule has 0 saturated carbocycles. The monoisotopic (exact) mass is 342 g/mol. The SMILES string of the molecule is CCCCS(=O)(=O)Oc1ccc(/C=C/C(=O)OCC)cc1OC. The number of benzene rings is 1. The molecule has 0 saturated heterocycles. The summed E-state index contributed by atoms with van der Waals surface area (Å²) in [6, 6.07) is 4.70. The van der Waals surface area contributed by atoms with Crippen molar-refractivity contribution in [1.29, 1.82) is 0 Å². The number of rotatable bonds is 9. The molecule has 1 rings (SSSR count). The van der Waals surface area contributed by atoms with E-state index in [2.05, 4.69) is 0 Å². The minimum absolute atomic E-state index is 0.0445. The quantitative estimate of drug-likeness (QED) is 0.390. The maximum absolute atomic E-state index is 11.8. The lowest BCUT2D eigenvalue weighted by atomic mass is 10.2. The van der Waals surface area contributed by atoms with Crippen LogP contribution >= 0.6 is 0 Å². The van der Waals surface area contributed by atoms with Gasteiger partial charge in [0.05, 0.1) is 19.5 Å². The largest absolute Gasteiger partial charge is 0.493 e. The van der Waals surface area contributed by atoms with Gasteiger partial charge < -0.3 is 13.7 Å². The van der Waals surface area contributed by atoms with E-state index in [4.69, 9.17) is 13.7 Å². The second-order valence-corrected chi connectivity index (χ2v) is 6.38. The van der Waals surface area contributed by atoms with Crippen LogP contribution in [0.2, 0.25) is 0 Å². The first-order chi connectivity index (χ1) is 10.9. The molecule has 0 N–H and O–H groups in total. The third-order valence-corrected chi connectivity index (χ3v) is 4.07. The smallest absolute Gasteiger partial charge is 0.330 e. The van der Waals surface area contributed by atoms with Crippen LogP contribution in [0.3, 0.4) is 0 Å². The van der Waals surface area contributed by atoms with Gasteiger partial charge in [-0.25, -0.2) is 4.79 Å². The van der Waals surface area contributed by atoms with Gasteiger partial charge >= 0.3 is 16.1 Å². The van der Waals surface area contributed by atoms with E-state index in [1.165, 1.54) is 19.3 Å². The fourth-order valence-electron chi connectivity index (χ4n) is 1.71. The van der Waals surface area contributed by atoms with E-state index in [1.54, 1.807) is 25.1 Å². The molecule has 0 amide bonds. The molecule has 0 heterocycles. The summed E-state index contributed by atoms with van der Waals surface area (Å²) in [5.74, 6) is -0.0983. The fraction of sp³-hybridized carbons (Fsp3) is 0.438. The van der Waals surface area contributed by atoms with Crippen LogP contribution in [-0.4, -0.2) is 33.9 Å². The zero-order valence-corrected chi connectivity index (χ0v) is 14.4. The van der Waals surface area contributed by atoms with E-state index in [9.17, 15) is 13.2 Å². The Bertz CT molecular complexity index is 649. The zero-order valence-electron chi connectivity index (χ0n) is 13.6. The predicted molar refractivity (Wildman–Crippen MR) is 88.0 cm³/mol. The molecule has 0 fully saturated rings. The predicted octanol–water partition coefficient (Wildman–Crippen LogP) is 2.78. The number of carbonyl (C=O) groups excluding carboxylic acids is 1. The van der Waals surface area contributed by atoms with Gasteiger partial charge in [-0.2, -0.15) is 8.42 Å². The minimum Gasteiger partial charge on any atom is -0.493 e. The molecule has 6 nitrogen and oxygen atoms in total. The van der Waals surface area contributed by atoms with E-state index in [-0.39, 0.29) is 17.3 Å². The summed E-state index contributed by atoms with van der Waals surface area (Å²) in [5.41, 5.74) is 0.660. The van der Waals surface area contributed by atoms with Crippen LogP contribution in [0.4, 0.5) is 0 Å². The summed E-state index contributed by atoms with van der Waals surface area (Å²) in [6.45, 7) is 3.93. The van der Waals surface area contributed by atoms with Crippen molar-refractivity contribution in [3.8, 4) is 11.5 Å². The summed E-state index contributed by atoms with van der Waals surface area (Å²) in [7, 11) is -2.23. The Kier molecular flexibility index (Phi) is 7.61. The first kappa shape index (κ1) is 19.0. The number of unbranched alkanes of at least 4 members (excludes halogenated alkanes) is 1. The first-order valence-electron chi connectivity index (χ1n) is 7.37. The van der Waals surface area contributed by atoms with Crippen LogP contribution in [0.25, 0.3) is 6.08 Å². The third-order valence-electron chi connectivity index (χ3n) is 2.85. The lowest BCUT2D eigenvalue weighted by Gasteiger charge is -2.11. The van der Waals surface area contributed by atoms with E-state index in [0.29, 0.717) is 18.6 Å². The molecule has 0 unspecified atom stereocenters. The van der Waals surface area contributed by atoms with Crippen molar-refractivity contribution in [1.82, 2.24) is 0 Å². The number of carbonyl (C=O) groups is 1. The number of ether oxygens (including phenoxy) is 2. The molecule has 0 bridgehead atoms. The highest BCUT2D eigenvalue weighted by Crippen LogP contribution is 2.30. The van der Waals surface area contributed by atoms with Gasteiger partial charge in [-0.15, -0.1) is 0 Å². The average Bonchev–Trinajstić information content (AvgIpc) is 2.52. The topological polar surface area (TPSA) is 78.9 Å². The van der Waals surface area contributed by atoms with Crippen LogP contribution in [0, 0.1) is 0 Å². The maximum Gasteiger partial charge on any atom is 0.330 e. The van der Waals surface area contributed by atoms with E-state index < -0.39 is 16.1 Å². The van der Waals surface area contributed by atoms with Crippen LogP contribution in [0.1, 0.15) is 32.3 Å². The normalized spacial score (nSPS) is 11.4. The highest BCUT2D eigenvalue weighted by Gasteiger charge is 2.15. The van der Waals surface area contributed by atoms with Crippen LogP contribution < -0.4 is 8.92 Å². The minimum atomic E-state index is -3.65. The molecule has 0 radical (unpaired) electrons. The Hall–Kier alpha value is -2.02. The van der Waals surface area contributed by atoms with Gasteiger partial charge in [0, 0.05) is 6.08 Å². The lowest BCUT2D eigenvalue weighted by molar-refractivity contribution is -0.137. The molecule has 0 spiro atoms. The number of esters is 1. The van der Waals surface area contributed by atoms with Crippen molar-refractivity contribution < 1.29 is 26.9 Å². The molecule has 0 atom stereocenters. The van der Waals surface area contributed by atoms with Crippen molar-refractivity contribution in [3.63, 3.8) is 0 Å². The Morgan fingerprint density at radius 3 is 2.57 bits per heavy atom. The van der Waals surface area contributed by atoms with E-state index in [1.807, 2.05) is 6.92 Å². The molecule has 0 aliphatic rings. The Morgan fingerprint density at radius 2 is 1.96 bits per heavy atom. The highest BCUT2D eigenvalue weighted by atomic mass is 32.2. The molecule has 7 heteroatoms. The Labute approximate surface area is 137 Å².